The van der Waals surface area contributed by atoms with E-state index in [2.05, 4.69) is 84.9 Å². The summed E-state index contributed by atoms with van der Waals surface area (Å²) in [7, 11) is 0. The van der Waals surface area contributed by atoms with E-state index in [-0.39, 0.29) is 11.7 Å². The van der Waals surface area contributed by atoms with E-state index >= 15 is 0 Å². The molecule has 1 aliphatic carbocycles. The van der Waals surface area contributed by atoms with Crippen molar-refractivity contribution in [2.75, 3.05) is 0 Å². The fraction of sp³-hybridized carbons (Fsp3) is 0.0312. The van der Waals surface area contributed by atoms with Crippen molar-refractivity contribution in [2.45, 2.75) is 5.92 Å². The van der Waals surface area contributed by atoms with E-state index in [1.165, 1.54) is 5.39 Å². The van der Waals surface area contributed by atoms with Gasteiger partial charge in [0.15, 0.2) is 5.78 Å². The smallest absolute Gasteiger partial charge is 0.175 e. The minimum atomic E-state index is -0.345. The molecule has 33 heavy (non-hydrogen) atoms. The Morgan fingerprint density at radius 2 is 1.06 bits per heavy atom. The number of hydrogen-bond acceptors (Lipinski definition) is 1. The molecule has 6 rings (SSSR count). The van der Waals surface area contributed by atoms with Crippen molar-refractivity contribution in [3.05, 3.63) is 155 Å². The summed E-state index contributed by atoms with van der Waals surface area (Å²) in [5.41, 5.74) is 7.31. The summed E-state index contributed by atoms with van der Waals surface area (Å²) in [6, 6.07) is 43.7. The quantitative estimate of drug-likeness (QED) is 0.290. The Kier molecular flexibility index (Phi) is 4.74. The van der Waals surface area contributed by atoms with Gasteiger partial charge in [0.2, 0.25) is 0 Å². The van der Waals surface area contributed by atoms with Crippen LogP contribution in [0.1, 0.15) is 38.5 Å². The molecule has 5 aromatic carbocycles. The maximum atomic E-state index is 13.9. The molecular formula is C32H22O. The van der Waals surface area contributed by atoms with Gasteiger partial charge in [-0.3, -0.25) is 4.79 Å². The maximum Gasteiger partial charge on any atom is 0.175 e. The lowest BCUT2D eigenvalue weighted by Crippen LogP contribution is -2.08. The Morgan fingerprint density at radius 3 is 1.73 bits per heavy atom. The first kappa shape index (κ1) is 19.5. The lowest BCUT2D eigenvalue weighted by molar-refractivity contribution is 0.0986. The van der Waals surface area contributed by atoms with Gasteiger partial charge in [0, 0.05) is 5.56 Å². The van der Waals surface area contributed by atoms with Crippen molar-refractivity contribution in [2.24, 2.45) is 0 Å². The molecule has 0 radical (unpaired) electrons. The summed E-state index contributed by atoms with van der Waals surface area (Å²) in [5, 5.41) is 2.33. The van der Waals surface area contributed by atoms with E-state index in [0.717, 1.165) is 44.3 Å². The van der Waals surface area contributed by atoms with Crippen LogP contribution in [0.5, 0.6) is 0 Å². The van der Waals surface area contributed by atoms with Gasteiger partial charge < -0.3 is 0 Å². The number of ketones is 1. The number of carbonyl (C=O) groups is 1. The van der Waals surface area contributed by atoms with Gasteiger partial charge in [0.25, 0.3) is 0 Å². The maximum absolute atomic E-state index is 13.9. The van der Waals surface area contributed by atoms with Crippen LogP contribution in [0.4, 0.5) is 0 Å². The third-order valence-corrected chi connectivity index (χ3v) is 6.53. The predicted octanol–water partition coefficient (Wildman–Crippen LogP) is 7.78. The largest absolute Gasteiger partial charge is 0.293 e. The van der Waals surface area contributed by atoms with Gasteiger partial charge in [0.1, 0.15) is 0 Å². The molecule has 0 aromatic heterocycles. The van der Waals surface area contributed by atoms with Gasteiger partial charge in [-0.25, -0.2) is 0 Å². The fourth-order valence-electron chi connectivity index (χ4n) is 5.05. The summed E-state index contributed by atoms with van der Waals surface area (Å²) in [4.78, 5) is 13.9. The summed E-state index contributed by atoms with van der Waals surface area (Å²) in [6.07, 6.45) is 0. The standard InChI is InChI=1S/C32H22O/c33-32-28-18-10-9-17-27(28)31(30(32)26-20-19-22-11-7-8-16-25(22)21-26)29(23-12-3-1-4-13-23)24-14-5-2-6-15-24/h1-21,30H. The van der Waals surface area contributed by atoms with Crippen LogP contribution in [0.15, 0.2) is 127 Å². The summed E-state index contributed by atoms with van der Waals surface area (Å²) in [6.45, 7) is 0. The minimum absolute atomic E-state index is 0.167. The van der Waals surface area contributed by atoms with Gasteiger partial charge >= 0.3 is 0 Å². The first-order valence-corrected chi connectivity index (χ1v) is 11.3. The third kappa shape index (κ3) is 3.30. The zero-order valence-corrected chi connectivity index (χ0v) is 18.1. The number of Topliss-reactive ketones (excluding diaryl/α,β-unsaturated/α-hetero) is 1. The van der Waals surface area contributed by atoms with Crippen molar-refractivity contribution < 1.29 is 4.79 Å². The van der Waals surface area contributed by atoms with Crippen molar-refractivity contribution in [1.29, 1.82) is 0 Å². The lowest BCUT2D eigenvalue weighted by Gasteiger charge is -2.19. The van der Waals surface area contributed by atoms with Crippen LogP contribution in [-0.4, -0.2) is 5.78 Å². The number of hydrogen-bond donors (Lipinski definition) is 0. The van der Waals surface area contributed by atoms with Crippen LogP contribution in [0.3, 0.4) is 0 Å². The molecule has 0 spiro atoms. The van der Waals surface area contributed by atoms with Gasteiger partial charge in [-0.1, -0.05) is 127 Å². The normalized spacial score (nSPS) is 15.0. The van der Waals surface area contributed by atoms with Gasteiger partial charge in [-0.2, -0.15) is 0 Å². The molecule has 0 N–H and O–H groups in total. The van der Waals surface area contributed by atoms with Crippen LogP contribution in [0.25, 0.3) is 21.9 Å². The average molecular weight is 423 g/mol. The van der Waals surface area contributed by atoms with Gasteiger partial charge in [0.05, 0.1) is 5.92 Å². The number of fused-ring (bicyclic) bond motifs is 2. The lowest BCUT2D eigenvalue weighted by atomic mass is 9.82. The zero-order valence-electron chi connectivity index (χ0n) is 18.1. The molecule has 5 aromatic rings. The molecule has 0 fully saturated rings. The Bertz CT molecular complexity index is 1470. The first-order chi connectivity index (χ1) is 16.3. The summed E-state index contributed by atoms with van der Waals surface area (Å²) < 4.78 is 0. The van der Waals surface area contributed by atoms with E-state index < -0.39 is 0 Å². The molecule has 1 nitrogen and oxygen atoms in total. The van der Waals surface area contributed by atoms with E-state index in [9.17, 15) is 4.79 Å². The molecule has 0 amide bonds. The van der Waals surface area contributed by atoms with Crippen molar-refractivity contribution in [1.82, 2.24) is 0 Å². The highest BCUT2D eigenvalue weighted by Gasteiger charge is 2.38. The van der Waals surface area contributed by atoms with Crippen LogP contribution < -0.4 is 0 Å². The first-order valence-electron chi connectivity index (χ1n) is 11.3. The number of allylic oxidation sites excluding steroid dienone is 1. The highest BCUT2D eigenvalue weighted by molar-refractivity contribution is 6.22. The Morgan fingerprint density at radius 1 is 0.515 bits per heavy atom. The summed E-state index contributed by atoms with van der Waals surface area (Å²) >= 11 is 0. The Labute approximate surface area is 193 Å². The van der Waals surface area contributed by atoms with Crippen molar-refractivity contribution >= 4 is 27.7 Å². The van der Waals surface area contributed by atoms with Crippen LogP contribution >= 0.6 is 0 Å². The average Bonchev–Trinajstić information content (AvgIpc) is 3.17. The Hall–Kier alpha value is -4.23. The highest BCUT2D eigenvalue weighted by Crippen LogP contribution is 2.49. The molecule has 156 valence electrons. The second kappa shape index (κ2) is 8.03. The number of rotatable bonds is 3. The van der Waals surface area contributed by atoms with Crippen molar-refractivity contribution in [3.8, 4) is 0 Å². The molecule has 1 heteroatoms. The number of benzene rings is 5. The predicted molar refractivity (Wildman–Crippen MR) is 136 cm³/mol. The van der Waals surface area contributed by atoms with E-state index in [1.54, 1.807) is 0 Å². The van der Waals surface area contributed by atoms with Crippen molar-refractivity contribution in [3.63, 3.8) is 0 Å². The van der Waals surface area contributed by atoms with Crippen LogP contribution in [-0.2, 0) is 0 Å². The molecule has 1 aliphatic rings. The second-order valence-corrected chi connectivity index (χ2v) is 8.47. The zero-order chi connectivity index (χ0) is 22.2. The summed E-state index contributed by atoms with van der Waals surface area (Å²) in [5.74, 6) is -0.178. The van der Waals surface area contributed by atoms with Crippen LogP contribution in [0, 0.1) is 0 Å². The van der Waals surface area contributed by atoms with E-state index in [4.69, 9.17) is 0 Å². The fourth-order valence-corrected chi connectivity index (χ4v) is 5.05. The SMILES string of the molecule is O=C1c2ccccc2C(=C(c2ccccc2)c2ccccc2)C1c1ccc2ccccc2c1. The molecule has 0 bridgehead atoms. The minimum Gasteiger partial charge on any atom is -0.293 e. The molecular weight excluding hydrogens is 400 g/mol. The Balaban J connectivity index is 1.69. The molecule has 1 unspecified atom stereocenters. The molecule has 1 atom stereocenters. The molecule has 0 saturated heterocycles. The second-order valence-electron chi connectivity index (χ2n) is 8.47. The topological polar surface area (TPSA) is 17.1 Å². The van der Waals surface area contributed by atoms with E-state index in [1.807, 2.05) is 42.5 Å². The molecule has 0 aliphatic heterocycles. The monoisotopic (exact) mass is 422 g/mol. The molecule has 0 saturated carbocycles. The molecule has 0 heterocycles. The van der Waals surface area contributed by atoms with Gasteiger partial charge in [-0.15, -0.1) is 0 Å². The van der Waals surface area contributed by atoms with E-state index in [0.29, 0.717) is 0 Å². The highest BCUT2D eigenvalue weighted by atomic mass is 16.1. The van der Waals surface area contributed by atoms with Crippen LogP contribution in [0.2, 0.25) is 0 Å². The van der Waals surface area contributed by atoms with Gasteiger partial charge in [-0.05, 0) is 44.2 Å². The number of carbonyl (C=O) groups excluding carboxylic acids is 1. The third-order valence-electron chi connectivity index (χ3n) is 6.53.